The largest absolute Gasteiger partial charge is 0.497 e. The number of likely N-dealkylation sites (tertiary alicyclic amines) is 1. The molecule has 0 radical (unpaired) electrons. The van der Waals surface area contributed by atoms with E-state index in [-0.39, 0.29) is 17.9 Å². The molecule has 0 aliphatic carbocycles. The van der Waals surface area contributed by atoms with Gasteiger partial charge < -0.3 is 15.0 Å². The molecule has 1 fully saturated rings. The summed E-state index contributed by atoms with van der Waals surface area (Å²) in [6.07, 6.45) is 1.50. The molecule has 136 valence electrons. The molecule has 1 heterocycles. The second-order valence-electron chi connectivity index (χ2n) is 6.28. The van der Waals surface area contributed by atoms with Gasteiger partial charge >= 0.3 is 0 Å². The minimum Gasteiger partial charge on any atom is -0.497 e. The van der Waals surface area contributed by atoms with E-state index in [1.165, 1.54) is 0 Å². The van der Waals surface area contributed by atoms with E-state index >= 15 is 0 Å². The molecule has 26 heavy (non-hydrogen) atoms. The number of ether oxygens (including phenoxy) is 1. The van der Waals surface area contributed by atoms with Crippen LogP contribution in [0.3, 0.4) is 0 Å². The van der Waals surface area contributed by atoms with Crippen molar-refractivity contribution in [3.8, 4) is 5.75 Å². The number of rotatable bonds is 4. The predicted octanol–water partition coefficient (Wildman–Crippen LogP) is 3.49. The van der Waals surface area contributed by atoms with Crippen LogP contribution in [-0.4, -0.2) is 43.0 Å². The first-order valence-corrected chi connectivity index (χ1v) is 9.36. The number of nitrogens with one attached hydrogen (secondary N) is 1. The summed E-state index contributed by atoms with van der Waals surface area (Å²) < 4.78 is 6.00. The highest BCUT2D eigenvalue weighted by Crippen LogP contribution is 2.18. The van der Waals surface area contributed by atoms with Crippen molar-refractivity contribution in [2.45, 2.75) is 18.9 Å². The zero-order valence-electron chi connectivity index (χ0n) is 14.6. The third kappa shape index (κ3) is 4.43. The van der Waals surface area contributed by atoms with E-state index in [1.54, 1.807) is 31.4 Å². The van der Waals surface area contributed by atoms with Gasteiger partial charge in [-0.3, -0.25) is 9.59 Å². The normalized spacial score (nSPS) is 14.8. The lowest BCUT2D eigenvalue weighted by molar-refractivity contribution is 0.0698. The van der Waals surface area contributed by atoms with E-state index in [1.807, 2.05) is 29.2 Å². The van der Waals surface area contributed by atoms with E-state index in [2.05, 4.69) is 21.2 Å². The van der Waals surface area contributed by atoms with E-state index in [0.29, 0.717) is 24.2 Å². The molecule has 0 bridgehead atoms. The summed E-state index contributed by atoms with van der Waals surface area (Å²) in [6.45, 7) is 1.28. The van der Waals surface area contributed by atoms with Gasteiger partial charge in [0, 0.05) is 34.7 Å². The van der Waals surface area contributed by atoms with Gasteiger partial charge in [0.25, 0.3) is 11.8 Å². The molecular weight excluding hydrogens is 396 g/mol. The van der Waals surface area contributed by atoms with Gasteiger partial charge in [-0.15, -0.1) is 0 Å². The first kappa shape index (κ1) is 18.5. The molecule has 6 heteroatoms. The van der Waals surface area contributed by atoms with Crippen molar-refractivity contribution in [3.05, 3.63) is 64.1 Å². The summed E-state index contributed by atoms with van der Waals surface area (Å²) in [6, 6.07) is 14.5. The summed E-state index contributed by atoms with van der Waals surface area (Å²) in [5.74, 6) is 0.663. The second kappa shape index (κ2) is 8.36. The van der Waals surface area contributed by atoms with Crippen LogP contribution in [0.4, 0.5) is 0 Å². The van der Waals surface area contributed by atoms with Gasteiger partial charge in [0.1, 0.15) is 5.75 Å². The quantitative estimate of drug-likeness (QED) is 0.829. The number of halogens is 1. The lowest BCUT2D eigenvalue weighted by Crippen LogP contribution is -2.46. The summed E-state index contributed by atoms with van der Waals surface area (Å²) in [4.78, 5) is 26.8. The van der Waals surface area contributed by atoms with Crippen LogP contribution < -0.4 is 10.1 Å². The fraction of sp³-hybridized carbons (Fsp3) is 0.300. The molecule has 1 N–H and O–H groups in total. The highest BCUT2D eigenvalue weighted by molar-refractivity contribution is 9.10. The Labute approximate surface area is 161 Å². The molecule has 5 nitrogen and oxygen atoms in total. The number of hydrogen-bond donors (Lipinski definition) is 1. The van der Waals surface area contributed by atoms with Crippen LogP contribution in [0, 0.1) is 0 Å². The molecule has 1 aliphatic heterocycles. The first-order valence-electron chi connectivity index (χ1n) is 8.56. The lowest BCUT2D eigenvalue weighted by Gasteiger charge is -2.32. The minimum absolute atomic E-state index is 0.0335. The molecule has 1 saturated heterocycles. The van der Waals surface area contributed by atoms with Crippen molar-refractivity contribution in [1.29, 1.82) is 0 Å². The van der Waals surface area contributed by atoms with Crippen LogP contribution in [0.25, 0.3) is 0 Å². The van der Waals surface area contributed by atoms with E-state index < -0.39 is 0 Å². The first-order chi connectivity index (χ1) is 12.6. The summed E-state index contributed by atoms with van der Waals surface area (Å²) in [5.41, 5.74) is 1.29. The van der Waals surface area contributed by atoms with Crippen molar-refractivity contribution < 1.29 is 14.3 Å². The van der Waals surface area contributed by atoms with Crippen molar-refractivity contribution >= 4 is 27.7 Å². The summed E-state index contributed by atoms with van der Waals surface area (Å²) in [7, 11) is 1.60. The van der Waals surface area contributed by atoms with Crippen molar-refractivity contribution in [3.63, 3.8) is 0 Å². The molecule has 2 aromatic rings. The number of amides is 2. The fourth-order valence-electron chi connectivity index (χ4n) is 3.04. The molecule has 3 rings (SSSR count). The predicted molar refractivity (Wildman–Crippen MR) is 104 cm³/mol. The van der Waals surface area contributed by atoms with Gasteiger partial charge in [-0.05, 0) is 55.3 Å². The van der Waals surface area contributed by atoms with Gasteiger partial charge in [0.05, 0.1) is 7.11 Å². The average Bonchev–Trinajstić information content (AvgIpc) is 2.68. The number of carbonyl (C=O) groups excluding carboxylic acids is 2. The number of piperidine rings is 1. The number of benzene rings is 2. The molecule has 2 amide bonds. The molecule has 0 spiro atoms. The van der Waals surface area contributed by atoms with Gasteiger partial charge in [-0.1, -0.05) is 22.0 Å². The van der Waals surface area contributed by atoms with Gasteiger partial charge in [-0.25, -0.2) is 0 Å². The van der Waals surface area contributed by atoms with Crippen LogP contribution in [0.15, 0.2) is 53.0 Å². The molecule has 0 atom stereocenters. The Balaban J connectivity index is 1.53. The van der Waals surface area contributed by atoms with Gasteiger partial charge in [0.15, 0.2) is 0 Å². The van der Waals surface area contributed by atoms with E-state index in [9.17, 15) is 9.59 Å². The zero-order chi connectivity index (χ0) is 18.5. The van der Waals surface area contributed by atoms with Gasteiger partial charge in [0.2, 0.25) is 0 Å². The van der Waals surface area contributed by atoms with Crippen molar-refractivity contribution in [2.75, 3.05) is 20.2 Å². The molecule has 0 aromatic heterocycles. The third-order valence-corrected chi connectivity index (χ3v) is 5.03. The summed E-state index contributed by atoms with van der Waals surface area (Å²) >= 11 is 3.40. The Morgan fingerprint density at radius 1 is 1.08 bits per heavy atom. The monoisotopic (exact) mass is 416 g/mol. The average molecular weight is 417 g/mol. The van der Waals surface area contributed by atoms with Crippen LogP contribution in [0.5, 0.6) is 5.75 Å². The topological polar surface area (TPSA) is 58.6 Å². The fourth-order valence-corrected chi connectivity index (χ4v) is 3.44. The maximum Gasteiger partial charge on any atom is 0.253 e. The number of hydrogen-bond acceptors (Lipinski definition) is 3. The zero-order valence-corrected chi connectivity index (χ0v) is 16.2. The Kier molecular flexibility index (Phi) is 5.93. The maximum absolute atomic E-state index is 12.6. The Bertz CT molecular complexity index is 784. The molecule has 0 saturated carbocycles. The lowest BCUT2D eigenvalue weighted by atomic mass is 10.0. The third-order valence-electron chi connectivity index (χ3n) is 4.54. The number of nitrogens with zero attached hydrogens (tertiary/aromatic N) is 1. The highest BCUT2D eigenvalue weighted by atomic mass is 79.9. The molecule has 2 aromatic carbocycles. The Morgan fingerprint density at radius 2 is 1.77 bits per heavy atom. The Hall–Kier alpha value is -2.34. The standard InChI is InChI=1S/C20H21BrN2O3/c1-26-18-7-5-14(6-8-18)19(24)22-17-9-11-23(12-10-17)20(25)15-3-2-4-16(21)13-15/h2-8,13,17H,9-12H2,1H3,(H,22,24). The van der Waals surface area contributed by atoms with Crippen LogP contribution in [0.1, 0.15) is 33.6 Å². The number of methoxy groups -OCH3 is 1. The Morgan fingerprint density at radius 3 is 2.38 bits per heavy atom. The summed E-state index contributed by atoms with van der Waals surface area (Å²) in [5, 5.41) is 3.06. The van der Waals surface area contributed by atoms with E-state index in [0.717, 1.165) is 23.1 Å². The van der Waals surface area contributed by atoms with Gasteiger partial charge in [-0.2, -0.15) is 0 Å². The molecule has 0 unspecified atom stereocenters. The maximum atomic E-state index is 12.6. The smallest absolute Gasteiger partial charge is 0.253 e. The molecule has 1 aliphatic rings. The van der Waals surface area contributed by atoms with E-state index in [4.69, 9.17) is 4.74 Å². The van der Waals surface area contributed by atoms with Crippen LogP contribution in [-0.2, 0) is 0 Å². The SMILES string of the molecule is COc1ccc(C(=O)NC2CCN(C(=O)c3cccc(Br)c3)CC2)cc1. The number of carbonyl (C=O) groups is 2. The van der Waals surface area contributed by atoms with Crippen molar-refractivity contribution in [1.82, 2.24) is 10.2 Å². The highest BCUT2D eigenvalue weighted by Gasteiger charge is 2.25. The minimum atomic E-state index is -0.0931. The second-order valence-corrected chi connectivity index (χ2v) is 7.19. The van der Waals surface area contributed by atoms with Crippen LogP contribution in [0.2, 0.25) is 0 Å². The van der Waals surface area contributed by atoms with Crippen molar-refractivity contribution in [2.24, 2.45) is 0 Å². The van der Waals surface area contributed by atoms with Crippen LogP contribution >= 0.6 is 15.9 Å². The molecular formula is C20H21BrN2O3.